The molecule has 0 fully saturated rings. The Kier molecular flexibility index (Phi) is 4.86. The Labute approximate surface area is 135 Å². The van der Waals surface area contributed by atoms with Crippen LogP contribution in [0.25, 0.3) is 10.9 Å². The maximum absolute atomic E-state index is 9.72. The number of hydrogen-bond acceptors (Lipinski definition) is 4. The van der Waals surface area contributed by atoms with Gasteiger partial charge in [-0.25, -0.2) is 0 Å². The van der Waals surface area contributed by atoms with Crippen molar-refractivity contribution in [3.8, 4) is 5.75 Å². The largest absolute Gasteiger partial charge is 0.497 e. The molecule has 0 aliphatic heterocycles. The fraction of sp³-hybridized carbons (Fsp3) is 0.211. The Morgan fingerprint density at radius 1 is 1.13 bits per heavy atom. The van der Waals surface area contributed by atoms with Gasteiger partial charge in [-0.1, -0.05) is 36.4 Å². The molecule has 0 radical (unpaired) electrons. The van der Waals surface area contributed by atoms with E-state index in [1.807, 2.05) is 36.4 Å². The molecule has 0 saturated carbocycles. The number of aromatic nitrogens is 1. The summed E-state index contributed by atoms with van der Waals surface area (Å²) in [7, 11) is 1.64. The van der Waals surface area contributed by atoms with E-state index in [4.69, 9.17) is 4.74 Å². The summed E-state index contributed by atoms with van der Waals surface area (Å²) in [5, 5.41) is 14.2. The molecule has 1 unspecified atom stereocenters. The van der Waals surface area contributed by atoms with Crippen molar-refractivity contribution in [3.63, 3.8) is 0 Å². The highest BCUT2D eigenvalue weighted by atomic mass is 16.5. The van der Waals surface area contributed by atoms with Crippen molar-refractivity contribution in [2.24, 2.45) is 0 Å². The average molecular weight is 308 g/mol. The fourth-order valence-corrected chi connectivity index (χ4v) is 2.69. The number of ether oxygens (including phenoxy) is 1. The van der Waals surface area contributed by atoms with Crippen molar-refractivity contribution in [1.29, 1.82) is 0 Å². The van der Waals surface area contributed by atoms with Gasteiger partial charge < -0.3 is 15.2 Å². The molecule has 0 amide bonds. The number of pyridine rings is 1. The van der Waals surface area contributed by atoms with Crippen LogP contribution in [0.5, 0.6) is 5.75 Å². The van der Waals surface area contributed by atoms with Crippen LogP contribution in [0.4, 0.5) is 0 Å². The van der Waals surface area contributed by atoms with Gasteiger partial charge in [-0.15, -0.1) is 0 Å². The molecule has 0 saturated heterocycles. The molecule has 0 aliphatic carbocycles. The predicted octanol–water partition coefficient (Wildman–Crippen LogP) is 3.07. The van der Waals surface area contributed by atoms with Crippen LogP contribution >= 0.6 is 0 Å². The van der Waals surface area contributed by atoms with Gasteiger partial charge >= 0.3 is 0 Å². The predicted molar refractivity (Wildman–Crippen MR) is 91.4 cm³/mol. The van der Waals surface area contributed by atoms with Crippen molar-refractivity contribution in [3.05, 3.63) is 71.9 Å². The zero-order valence-corrected chi connectivity index (χ0v) is 13.1. The summed E-state index contributed by atoms with van der Waals surface area (Å²) in [6.07, 6.45) is 1.80. The van der Waals surface area contributed by atoms with E-state index in [1.165, 1.54) is 0 Å². The van der Waals surface area contributed by atoms with Crippen LogP contribution in [0.1, 0.15) is 17.2 Å². The average Bonchev–Trinajstić information content (AvgIpc) is 2.62. The number of nitrogens with zero attached hydrogens (tertiary/aromatic N) is 1. The molecule has 4 heteroatoms. The number of aliphatic hydroxyl groups excluding tert-OH is 1. The van der Waals surface area contributed by atoms with Gasteiger partial charge in [0.25, 0.3) is 0 Å². The molecule has 0 bridgehead atoms. The Bertz CT molecular complexity index is 784. The lowest BCUT2D eigenvalue weighted by Crippen LogP contribution is -2.24. The van der Waals surface area contributed by atoms with E-state index >= 15 is 0 Å². The number of para-hydroxylation sites is 1. The molecule has 23 heavy (non-hydrogen) atoms. The zero-order chi connectivity index (χ0) is 16.1. The lowest BCUT2D eigenvalue weighted by atomic mass is 10.1. The summed E-state index contributed by atoms with van der Waals surface area (Å²) in [4.78, 5) is 4.46. The maximum Gasteiger partial charge on any atom is 0.119 e. The molecule has 0 aliphatic rings. The Hall–Kier alpha value is -2.43. The second kappa shape index (κ2) is 7.22. The van der Waals surface area contributed by atoms with E-state index in [2.05, 4.69) is 28.5 Å². The normalized spacial score (nSPS) is 12.3. The third kappa shape index (κ3) is 3.50. The second-order valence-electron chi connectivity index (χ2n) is 5.38. The highest BCUT2D eigenvalue weighted by molar-refractivity contribution is 5.81. The molecule has 3 aromatic rings. The van der Waals surface area contributed by atoms with Crippen LogP contribution in [0.3, 0.4) is 0 Å². The van der Waals surface area contributed by atoms with Crippen molar-refractivity contribution >= 4 is 10.9 Å². The molecule has 2 N–H and O–H groups in total. The first-order chi connectivity index (χ1) is 11.3. The van der Waals surface area contributed by atoms with Gasteiger partial charge in [0.05, 0.1) is 25.3 Å². The third-order valence-electron chi connectivity index (χ3n) is 3.93. The van der Waals surface area contributed by atoms with E-state index in [0.717, 1.165) is 27.8 Å². The smallest absolute Gasteiger partial charge is 0.119 e. The number of aliphatic hydroxyl groups is 1. The highest BCUT2D eigenvalue weighted by Crippen LogP contribution is 2.21. The first-order valence-corrected chi connectivity index (χ1v) is 7.62. The molecule has 1 aromatic heterocycles. The van der Waals surface area contributed by atoms with Gasteiger partial charge in [0, 0.05) is 18.1 Å². The minimum atomic E-state index is -0.149. The van der Waals surface area contributed by atoms with E-state index in [9.17, 15) is 5.11 Å². The van der Waals surface area contributed by atoms with Gasteiger partial charge in [-0.05, 0) is 29.3 Å². The molecule has 2 aromatic carbocycles. The number of hydrogen-bond donors (Lipinski definition) is 2. The SMILES string of the molecule is COc1cccc(C(CO)NCc2cccc3cccnc23)c1. The molecule has 1 heterocycles. The Balaban J connectivity index is 1.79. The Morgan fingerprint density at radius 2 is 1.96 bits per heavy atom. The lowest BCUT2D eigenvalue weighted by molar-refractivity contribution is 0.243. The van der Waals surface area contributed by atoms with Crippen LogP contribution in [0, 0.1) is 0 Å². The monoisotopic (exact) mass is 308 g/mol. The molecule has 1 atom stereocenters. The van der Waals surface area contributed by atoms with Gasteiger partial charge in [0.2, 0.25) is 0 Å². The van der Waals surface area contributed by atoms with Crippen LogP contribution in [-0.4, -0.2) is 23.8 Å². The summed E-state index contributed by atoms with van der Waals surface area (Å²) in [6.45, 7) is 0.655. The quantitative estimate of drug-likeness (QED) is 0.735. The van der Waals surface area contributed by atoms with Gasteiger partial charge in [0.15, 0.2) is 0 Å². The van der Waals surface area contributed by atoms with Crippen molar-refractivity contribution < 1.29 is 9.84 Å². The molecule has 4 nitrogen and oxygen atoms in total. The summed E-state index contributed by atoms with van der Waals surface area (Å²) >= 11 is 0. The number of rotatable bonds is 6. The zero-order valence-electron chi connectivity index (χ0n) is 13.1. The minimum absolute atomic E-state index is 0.0192. The molecular formula is C19H20N2O2. The molecule has 118 valence electrons. The van der Waals surface area contributed by atoms with Crippen LogP contribution in [0.2, 0.25) is 0 Å². The molecule has 0 spiro atoms. The van der Waals surface area contributed by atoms with E-state index < -0.39 is 0 Å². The Morgan fingerprint density at radius 3 is 2.78 bits per heavy atom. The van der Waals surface area contributed by atoms with Gasteiger partial charge in [-0.2, -0.15) is 0 Å². The summed E-state index contributed by atoms with van der Waals surface area (Å²) in [5.41, 5.74) is 3.11. The van der Waals surface area contributed by atoms with Crippen LogP contribution in [0.15, 0.2) is 60.8 Å². The molecular weight excluding hydrogens is 288 g/mol. The van der Waals surface area contributed by atoms with Crippen LogP contribution in [-0.2, 0) is 6.54 Å². The summed E-state index contributed by atoms with van der Waals surface area (Å²) in [6, 6.07) is 17.7. The van der Waals surface area contributed by atoms with E-state index in [0.29, 0.717) is 6.54 Å². The number of methoxy groups -OCH3 is 1. The standard InChI is InChI=1S/C19H20N2O2/c1-23-17-9-3-6-15(11-17)18(13-22)21-12-16-7-2-5-14-8-4-10-20-19(14)16/h2-11,18,21-22H,12-13H2,1H3. The number of benzene rings is 2. The van der Waals surface area contributed by atoms with Crippen LogP contribution < -0.4 is 10.1 Å². The van der Waals surface area contributed by atoms with Gasteiger partial charge in [0.1, 0.15) is 5.75 Å². The maximum atomic E-state index is 9.72. The first-order valence-electron chi connectivity index (χ1n) is 7.62. The van der Waals surface area contributed by atoms with Crippen molar-refractivity contribution in [1.82, 2.24) is 10.3 Å². The van der Waals surface area contributed by atoms with E-state index in [1.54, 1.807) is 13.3 Å². The van der Waals surface area contributed by atoms with Crippen molar-refractivity contribution in [2.45, 2.75) is 12.6 Å². The number of fused-ring (bicyclic) bond motifs is 1. The second-order valence-corrected chi connectivity index (χ2v) is 5.38. The fourth-order valence-electron chi connectivity index (χ4n) is 2.69. The minimum Gasteiger partial charge on any atom is -0.497 e. The summed E-state index contributed by atoms with van der Waals surface area (Å²) < 4.78 is 5.25. The molecule has 3 rings (SSSR count). The highest BCUT2D eigenvalue weighted by Gasteiger charge is 2.11. The van der Waals surface area contributed by atoms with Gasteiger partial charge in [-0.3, -0.25) is 4.98 Å². The summed E-state index contributed by atoms with van der Waals surface area (Å²) in [5.74, 6) is 0.787. The lowest BCUT2D eigenvalue weighted by Gasteiger charge is -2.18. The first kappa shape index (κ1) is 15.5. The van der Waals surface area contributed by atoms with Crippen molar-refractivity contribution in [2.75, 3.05) is 13.7 Å². The third-order valence-corrected chi connectivity index (χ3v) is 3.93. The number of nitrogens with one attached hydrogen (secondary N) is 1. The topological polar surface area (TPSA) is 54.4 Å². The van der Waals surface area contributed by atoms with E-state index in [-0.39, 0.29) is 12.6 Å².